The van der Waals surface area contributed by atoms with Gasteiger partial charge in [-0.1, -0.05) is 18.6 Å². The minimum Gasteiger partial charge on any atom is -0.494 e. The van der Waals surface area contributed by atoms with E-state index in [0.29, 0.717) is 25.9 Å². The monoisotopic (exact) mass is 492 g/mol. The molecular weight excluding hydrogens is 459 g/mol. The fraction of sp³-hybridized carbons (Fsp3) is 0.393. The normalized spacial score (nSPS) is 12.7. The molecule has 0 fully saturated rings. The van der Waals surface area contributed by atoms with Crippen molar-refractivity contribution in [2.75, 3.05) is 25.5 Å². The van der Waals surface area contributed by atoms with Crippen molar-refractivity contribution in [2.24, 2.45) is 0 Å². The molecule has 0 saturated heterocycles. The summed E-state index contributed by atoms with van der Waals surface area (Å²) in [7, 11) is 1.85. The molecule has 2 aromatic carbocycles. The molecule has 0 bridgehead atoms. The number of carbonyl (C=O) groups is 2. The second kappa shape index (κ2) is 12.3. The summed E-state index contributed by atoms with van der Waals surface area (Å²) in [4.78, 5) is 25.7. The molecule has 0 unspecified atom stereocenters. The Bertz CT molecular complexity index is 1190. The van der Waals surface area contributed by atoms with E-state index in [1.807, 2.05) is 37.4 Å². The zero-order valence-electron chi connectivity index (χ0n) is 20.7. The smallest absolute Gasteiger partial charge is 0.224 e. The molecule has 0 saturated carbocycles. The average Bonchev–Trinajstić information content (AvgIpc) is 3.35. The Morgan fingerprint density at radius 3 is 2.83 bits per heavy atom. The number of hydrogen-bond acceptors (Lipinski definition) is 4. The van der Waals surface area contributed by atoms with Gasteiger partial charge in [-0.05, 0) is 74.1 Å². The van der Waals surface area contributed by atoms with Gasteiger partial charge in [0.2, 0.25) is 11.8 Å². The molecule has 190 valence electrons. The van der Waals surface area contributed by atoms with Crippen molar-refractivity contribution >= 4 is 17.5 Å². The van der Waals surface area contributed by atoms with Crippen LogP contribution >= 0.6 is 0 Å². The van der Waals surface area contributed by atoms with Crippen molar-refractivity contribution < 1.29 is 18.7 Å². The van der Waals surface area contributed by atoms with E-state index in [9.17, 15) is 14.0 Å². The van der Waals surface area contributed by atoms with Crippen LogP contribution < -0.4 is 10.1 Å². The number of ether oxygens (including phenoxy) is 1. The van der Waals surface area contributed by atoms with Crippen molar-refractivity contribution in [3.05, 3.63) is 65.6 Å². The summed E-state index contributed by atoms with van der Waals surface area (Å²) in [6.07, 6.45) is 6.14. The van der Waals surface area contributed by atoms with Gasteiger partial charge in [0, 0.05) is 43.4 Å². The number of nitrogens with one attached hydrogen (secondary N) is 2. The lowest BCUT2D eigenvalue weighted by Crippen LogP contribution is -2.27. The first-order chi connectivity index (χ1) is 17.5. The largest absolute Gasteiger partial charge is 0.494 e. The number of carbonyl (C=O) groups excluding carboxylic acids is 2. The molecule has 7 nitrogen and oxygen atoms in total. The molecule has 3 aromatic rings. The van der Waals surface area contributed by atoms with Gasteiger partial charge in [-0.15, -0.1) is 0 Å². The number of amides is 2. The maximum atomic E-state index is 13.4. The van der Waals surface area contributed by atoms with Crippen LogP contribution in [0, 0.1) is 5.82 Å². The fourth-order valence-electron chi connectivity index (χ4n) is 4.31. The quantitative estimate of drug-likeness (QED) is 0.343. The number of halogens is 1. The number of aromatic amines is 1. The summed E-state index contributed by atoms with van der Waals surface area (Å²) in [6, 6.07) is 14.1. The van der Waals surface area contributed by atoms with Crippen LogP contribution in [0.1, 0.15) is 49.8 Å². The highest BCUT2D eigenvalue weighted by Crippen LogP contribution is 2.27. The van der Waals surface area contributed by atoms with E-state index in [-0.39, 0.29) is 17.6 Å². The molecule has 0 atom stereocenters. The average molecular weight is 493 g/mol. The number of benzene rings is 2. The highest BCUT2D eigenvalue weighted by molar-refractivity contribution is 5.94. The Balaban J connectivity index is 1.08. The topological polar surface area (TPSA) is 87.3 Å². The van der Waals surface area contributed by atoms with Gasteiger partial charge in [0.25, 0.3) is 0 Å². The summed E-state index contributed by atoms with van der Waals surface area (Å²) in [5.74, 6) is 0.675. The Labute approximate surface area is 211 Å². The van der Waals surface area contributed by atoms with Gasteiger partial charge in [0.05, 0.1) is 12.3 Å². The lowest BCUT2D eigenvalue weighted by molar-refractivity contribution is -0.130. The molecule has 1 aromatic heterocycles. The number of anilines is 1. The van der Waals surface area contributed by atoms with Crippen molar-refractivity contribution in [2.45, 2.75) is 51.4 Å². The first-order valence-electron chi connectivity index (χ1n) is 12.6. The molecule has 0 aliphatic carbocycles. The van der Waals surface area contributed by atoms with Gasteiger partial charge in [-0.25, -0.2) is 4.39 Å². The van der Waals surface area contributed by atoms with Crippen LogP contribution in [0.25, 0.3) is 11.3 Å². The Morgan fingerprint density at radius 1 is 1.08 bits per heavy atom. The van der Waals surface area contributed by atoms with E-state index in [4.69, 9.17) is 4.74 Å². The third-order valence-corrected chi connectivity index (χ3v) is 6.39. The molecule has 0 spiro atoms. The van der Waals surface area contributed by atoms with Crippen LogP contribution in [0.5, 0.6) is 5.75 Å². The number of rotatable bonds is 12. The Hall–Kier alpha value is -3.68. The maximum absolute atomic E-state index is 13.4. The summed E-state index contributed by atoms with van der Waals surface area (Å²) in [5, 5.41) is 10.2. The van der Waals surface area contributed by atoms with Crippen LogP contribution in [-0.2, 0) is 22.4 Å². The van der Waals surface area contributed by atoms with Crippen LogP contribution in [0.2, 0.25) is 0 Å². The molecule has 1 aliphatic rings. The summed E-state index contributed by atoms with van der Waals surface area (Å²) in [6.45, 7) is 1.21. The van der Waals surface area contributed by atoms with Gasteiger partial charge in [-0.2, -0.15) is 5.10 Å². The van der Waals surface area contributed by atoms with E-state index >= 15 is 0 Å². The highest BCUT2D eigenvalue weighted by Gasteiger charge is 2.15. The van der Waals surface area contributed by atoms with Crippen molar-refractivity contribution in [1.29, 1.82) is 0 Å². The second-order valence-corrected chi connectivity index (χ2v) is 9.23. The molecule has 2 amide bonds. The SMILES string of the molecule is CN(CCCCCc1cc(-c2cccc(F)c2)n[nH]1)C(=O)CCCOc1ccc2c(c1)CCC(=O)N2. The van der Waals surface area contributed by atoms with E-state index in [0.717, 1.165) is 72.6 Å². The predicted octanol–water partition coefficient (Wildman–Crippen LogP) is 5.13. The van der Waals surface area contributed by atoms with Gasteiger partial charge in [-0.3, -0.25) is 14.7 Å². The highest BCUT2D eigenvalue weighted by atomic mass is 19.1. The first-order valence-corrected chi connectivity index (χ1v) is 12.6. The number of nitrogens with zero attached hydrogens (tertiary/aromatic N) is 2. The number of aryl methyl sites for hydroxylation is 2. The number of hydrogen-bond donors (Lipinski definition) is 2. The van der Waals surface area contributed by atoms with Gasteiger partial charge >= 0.3 is 0 Å². The molecule has 36 heavy (non-hydrogen) atoms. The number of aromatic nitrogens is 2. The number of fused-ring (bicyclic) bond motifs is 1. The lowest BCUT2D eigenvalue weighted by Gasteiger charge is -2.18. The summed E-state index contributed by atoms with van der Waals surface area (Å²) < 4.78 is 19.2. The minimum absolute atomic E-state index is 0.0489. The van der Waals surface area contributed by atoms with E-state index in [2.05, 4.69) is 15.5 Å². The maximum Gasteiger partial charge on any atom is 0.224 e. The number of unbranched alkanes of at least 4 members (excludes halogenated alkanes) is 2. The summed E-state index contributed by atoms with van der Waals surface area (Å²) in [5.41, 5.74) is 4.48. The zero-order valence-corrected chi connectivity index (χ0v) is 20.7. The van der Waals surface area contributed by atoms with E-state index < -0.39 is 0 Å². The predicted molar refractivity (Wildman–Crippen MR) is 137 cm³/mol. The Morgan fingerprint density at radius 2 is 1.97 bits per heavy atom. The van der Waals surface area contributed by atoms with Gasteiger partial charge < -0.3 is 15.0 Å². The van der Waals surface area contributed by atoms with Crippen molar-refractivity contribution in [1.82, 2.24) is 15.1 Å². The van der Waals surface area contributed by atoms with Crippen LogP contribution in [-0.4, -0.2) is 47.1 Å². The lowest BCUT2D eigenvalue weighted by atomic mass is 10.0. The molecular formula is C28H33FN4O3. The fourth-order valence-corrected chi connectivity index (χ4v) is 4.31. The zero-order chi connectivity index (χ0) is 25.3. The van der Waals surface area contributed by atoms with Crippen molar-refractivity contribution in [3.8, 4) is 17.0 Å². The third kappa shape index (κ3) is 7.16. The van der Waals surface area contributed by atoms with Crippen LogP contribution in [0.4, 0.5) is 10.1 Å². The standard InChI is InChI=1S/C28H33FN4O3/c1-33(15-4-2-3-9-23-19-26(32-31-23)20-7-5-8-22(29)17-20)28(35)10-6-16-36-24-12-13-25-21(18-24)11-14-27(34)30-25/h5,7-8,12-13,17-19H,2-4,6,9-11,14-16H2,1H3,(H,30,34)(H,31,32). The second-order valence-electron chi connectivity index (χ2n) is 9.23. The Kier molecular flexibility index (Phi) is 8.71. The molecule has 2 heterocycles. The summed E-state index contributed by atoms with van der Waals surface area (Å²) >= 11 is 0. The van der Waals surface area contributed by atoms with Gasteiger partial charge in [0.1, 0.15) is 11.6 Å². The molecule has 0 radical (unpaired) electrons. The molecule has 1 aliphatic heterocycles. The van der Waals surface area contributed by atoms with Crippen LogP contribution in [0.3, 0.4) is 0 Å². The molecule has 8 heteroatoms. The molecule has 4 rings (SSSR count). The van der Waals surface area contributed by atoms with Gasteiger partial charge in [0.15, 0.2) is 0 Å². The number of H-pyrrole nitrogens is 1. The third-order valence-electron chi connectivity index (χ3n) is 6.39. The van der Waals surface area contributed by atoms with E-state index in [1.54, 1.807) is 11.0 Å². The first kappa shape index (κ1) is 25.4. The van der Waals surface area contributed by atoms with Crippen LogP contribution in [0.15, 0.2) is 48.5 Å². The minimum atomic E-state index is -0.268. The molecule has 2 N–H and O–H groups in total. The van der Waals surface area contributed by atoms with Crippen molar-refractivity contribution in [3.63, 3.8) is 0 Å². The van der Waals surface area contributed by atoms with E-state index in [1.165, 1.54) is 12.1 Å².